The van der Waals surface area contributed by atoms with Crippen LogP contribution in [0.2, 0.25) is 5.02 Å². The number of benzene rings is 4. The molecule has 4 aromatic carbocycles. The number of ether oxygens (including phenoxy) is 3. The third-order valence-electron chi connectivity index (χ3n) is 9.13. The summed E-state index contributed by atoms with van der Waals surface area (Å²) < 4.78 is 33.3. The van der Waals surface area contributed by atoms with Crippen LogP contribution >= 0.6 is 24.0 Å². The fourth-order valence-electron chi connectivity index (χ4n) is 6.56. The Morgan fingerprint density at radius 1 is 0.963 bits per heavy atom. The minimum Gasteiger partial charge on any atom is -0.492 e. The summed E-state index contributed by atoms with van der Waals surface area (Å²) in [4.78, 5) is 31.7. The topological polar surface area (TPSA) is 80.3 Å². The number of fused-ring (bicyclic) bond motifs is 1. The number of aryl methyl sites for hydroxylation is 1. The molecule has 0 fully saturated rings. The van der Waals surface area contributed by atoms with Crippen LogP contribution in [0.1, 0.15) is 68.4 Å². The fraction of sp³-hybridized carbons (Fsp3) is 0.395. The van der Waals surface area contributed by atoms with Crippen LogP contribution in [0.15, 0.2) is 91.0 Å². The average molecular weight is 781 g/mol. The molecule has 0 radical (unpaired) electrons. The van der Waals surface area contributed by atoms with Crippen LogP contribution in [-0.2, 0) is 27.3 Å². The number of methoxy groups -OCH3 is 1. The Kier molecular flexibility index (Phi) is 15.7. The highest BCUT2D eigenvalue weighted by atomic mass is 35.5. The zero-order valence-electron chi connectivity index (χ0n) is 31.8. The van der Waals surface area contributed by atoms with E-state index in [0.29, 0.717) is 52.1 Å². The van der Waals surface area contributed by atoms with Crippen molar-refractivity contribution in [2.45, 2.75) is 65.2 Å². The van der Waals surface area contributed by atoms with Gasteiger partial charge in [-0.25, -0.2) is 4.39 Å². The Hall–Kier alpha value is -4.15. The summed E-state index contributed by atoms with van der Waals surface area (Å²) in [5.41, 5.74) is 3.34. The summed E-state index contributed by atoms with van der Waals surface area (Å²) in [6.07, 6.45) is 0.658. The number of anilines is 1. The van der Waals surface area contributed by atoms with E-state index in [-0.39, 0.29) is 36.7 Å². The van der Waals surface area contributed by atoms with E-state index in [2.05, 4.69) is 41.5 Å². The molecule has 1 aliphatic heterocycles. The zero-order valence-corrected chi connectivity index (χ0v) is 33.4. The van der Waals surface area contributed by atoms with Gasteiger partial charge in [-0.15, -0.1) is 12.4 Å². The third-order valence-corrected chi connectivity index (χ3v) is 9.36. The Labute approximate surface area is 330 Å². The van der Waals surface area contributed by atoms with E-state index in [9.17, 15) is 14.0 Å². The van der Waals surface area contributed by atoms with Gasteiger partial charge < -0.3 is 29.3 Å². The second-order valence-electron chi connectivity index (χ2n) is 14.7. The molecule has 1 aliphatic rings. The molecule has 11 heteroatoms. The maximum atomic E-state index is 14.4. The number of nitrogens with one attached hydrogen (secondary N) is 1. The molecule has 8 nitrogen and oxygen atoms in total. The van der Waals surface area contributed by atoms with E-state index in [0.717, 1.165) is 32.4 Å². The van der Waals surface area contributed by atoms with Crippen LogP contribution in [0.4, 0.5) is 10.1 Å². The lowest BCUT2D eigenvalue weighted by Gasteiger charge is -2.31. The first kappa shape index (κ1) is 42.6. The van der Waals surface area contributed by atoms with E-state index in [1.54, 1.807) is 42.3 Å². The van der Waals surface area contributed by atoms with Crippen molar-refractivity contribution in [2.24, 2.45) is 5.41 Å². The molecule has 2 amide bonds. The average Bonchev–Trinajstić information content (AvgIpc) is 3.23. The van der Waals surface area contributed by atoms with Crippen molar-refractivity contribution < 1.29 is 28.2 Å². The predicted octanol–water partition coefficient (Wildman–Crippen LogP) is 8.82. The van der Waals surface area contributed by atoms with E-state index >= 15 is 0 Å². The standard InChI is InChI=1S/C43H51ClFN3O5.ClH/c1-43(2,3)29-48-36-22-21-32(44)26-34(36)40(53-38(42(48)50)27-39(49)46-28-31-17-9-10-19-35(31)45)33-18-11-20-37(41(33)51-5)52-25-13-24-47(4)23-12-16-30-14-7-6-8-15-30;/h6-11,14-15,17-22,26,38,40H,12-13,16,23-25,27-29H2,1-5H3,(H,46,49);1H/t38-,40-;/m1./s1. The molecule has 4 aromatic rings. The zero-order chi connectivity index (χ0) is 38.0. The van der Waals surface area contributed by atoms with E-state index in [1.165, 1.54) is 11.6 Å². The lowest BCUT2D eigenvalue weighted by Crippen LogP contribution is -2.45. The largest absolute Gasteiger partial charge is 0.492 e. The Bertz CT molecular complexity index is 1840. The van der Waals surface area contributed by atoms with Crippen molar-refractivity contribution in [3.63, 3.8) is 0 Å². The van der Waals surface area contributed by atoms with Gasteiger partial charge in [-0.05, 0) is 74.2 Å². The molecule has 2 atom stereocenters. The van der Waals surface area contributed by atoms with Crippen LogP contribution in [0.3, 0.4) is 0 Å². The van der Waals surface area contributed by atoms with Gasteiger partial charge in [0, 0.05) is 47.0 Å². The third kappa shape index (κ3) is 11.7. The van der Waals surface area contributed by atoms with Crippen molar-refractivity contribution in [1.29, 1.82) is 0 Å². The lowest BCUT2D eigenvalue weighted by molar-refractivity contribution is -0.138. The van der Waals surface area contributed by atoms with Crippen LogP contribution in [0, 0.1) is 11.2 Å². The van der Waals surface area contributed by atoms with Gasteiger partial charge in [0.15, 0.2) is 11.5 Å². The first-order valence-electron chi connectivity index (χ1n) is 18.2. The Balaban J connectivity index is 0.00000650. The highest BCUT2D eigenvalue weighted by Gasteiger charge is 2.40. The normalized spacial score (nSPS) is 15.6. The van der Waals surface area contributed by atoms with E-state index in [4.69, 9.17) is 25.8 Å². The van der Waals surface area contributed by atoms with Gasteiger partial charge in [-0.1, -0.05) is 93.0 Å². The van der Waals surface area contributed by atoms with Crippen molar-refractivity contribution in [3.05, 3.63) is 124 Å². The summed E-state index contributed by atoms with van der Waals surface area (Å²) in [6.45, 7) is 8.81. The van der Waals surface area contributed by atoms with E-state index < -0.39 is 23.9 Å². The van der Waals surface area contributed by atoms with E-state index in [1.807, 2.05) is 51.1 Å². The minimum absolute atomic E-state index is 0. The molecule has 0 bridgehead atoms. The summed E-state index contributed by atoms with van der Waals surface area (Å²) in [5, 5.41) is 3.24. The van der Waals surface area contributed by atoms with Gasteiger partial charge >= 0.3 is 0 Å². The Morgan fingerprint density at radius 2 is 1.69 bits per heavy atom. The molecule has 5 rings (SSSR count). The van der Waals surface area contributed by atoms with Gasteiger partial charge in [-0.3, -0.25) is 9.59 Å². The van der Waals surface area contributed by atoms with Gasteiger partial charge in [0.2, 0.25) is 5.91 Å². The maximum Gasteiger partial charge on any atom is 0.256 e. The second kappa shape index (κ2) is 20.0. The maximum absolute atomic E-state index is 14.4. The van der Waals surface area contributed by atoms with Crippen LogP contribution < -0.4 is 19.7 Å². The number of hydrogen-bond donors (Lipinski definition) is 1. The minimum atomic E-state index is -1.17. The number of halogens is 3. The molecule has 1 N–H and O–H groups in total. The molecule has 54 heavy (non-hydrogen) atoms. The first-order valence-corrected chi connectivity index (χ1v) is 18.6. The van der Waals surface area contributed by atoms with Gasteiger partial charge in [0.1, 0.15) is 18.0 Å². The first-order chi connectivity index (χ1) is 25.4. The molecule has 0 saturated heterocycles. The van der Waals surface area contributed by atoms with Crippen LogP contribution in [0.5, 0.6) is 11.5 Å². The number of carbonyl (C=O) groups is 2. The number of nitrogens with zero attached hydrogens (tertiary/aromatic N) is 2. The molecule has 290 valence electrons. The number of amides is 2. The van der Waals surface area contributed by atoms with Gasteiger partial charge in [-0.2, -0.15) is 0 Å². The van der Waals surface area contributed by atoms with Gasteiger partial charge in [0.25, 0.3) is 5.91 Å². The van der Waals surface area contributed by atoms with Crippen molar-refractivity contribution >= 4 is 41.5 Å². The summed E-state index contributed by atoms with van der Waals surface area (Å²) in [7, 11) is 3.70. The van der Waals surface area contributed by atoms with Crippen LogP contribution in [-0.4, -0.2) is 63.2 Å². The van der Waals surface area contributed by atoms with Crippen molar-refractivity contribution in [1.82, 2.24) is 10.2 Å². The number of hydrogen-bond acceptors (Lipinski definition) is 6. The predicted molar refractivity (Wildman–Crippen MR) is 215 cm³/mol. The number of carbonyl (C=O) groups excluding carboxylic acids is 2. The highest BCUT2D eigenvalue weighted by Crippen LogP contribution is 2.45. The molecule has 0 spiro atoms. The number of rotatable bonds is 16. The molecule has 0 aromatic heterocycles. The SMILES string of the molecule is COc1c(OCCCN(C)CCCc2ccccc2)cccc1[C@H]1O[C@H](CC(=O)NCc2ccccc2F)C(=O)N(CC(C)(C)C)c2ccc(Cl)cc21.Cl. The smallest absolute Gasteiger partial charge is 0.256 e. The molecular formula is C43H52Cl2FN3O5. The summed E-state index contributed by atoms with van der Waals surface area (Å²) in [6, 6.07) is 27.7. The monoisotopic (exact) mass is 779 g/mol. The molecule has 0 unspecified atom stereocenters. The Morgan fingerprint density at radius 3 is 2.41 bits per heavy atom. The lowest BCUT2D eigenvalue weighted by atomic mass is 9.94. The van der Waals surface area contributed by atoms with Crippen LogP contribution in [0.25, 0.3) is 0 Å². The fourth-order valence-corrected chi connectivity index (χ4v) is 6.74. The number of para-hydroxylation sites is 1. The molecular weight excluding hydrogens is 728 g/mol. The summed E-state index contributed by atoms with van der Waals surface area (Å²) >= 11 is 6.60. The molecule has 0 saturated carbocycles. The van der Waals surface area contributed by atoms with Gasteiger partial charge in [0.05, 0.1) is 20.1 Å². The van der Waals surface area contributed by atoms with Crippen molar-refractivity contribution in [3.8, 4) is 11.5 Å². The van der Waals surface area contributed by atoms with Crippen molar-refractivity contribution in [2.75, 3.05) is 45.3 Å². The summed E-state index contributed by atoms with van der Waals surface area (Å²) in [5.74, 6) is -0.201. The molecule has 1 heterocycles. The highest BCUT2D eigenvalue weighted by molar-refractivity contribution is 6.30. The molecule has 0 aliphatic carbocycles. The second-order valence-corrected chi connectivity index (χ2v) is 15.2. The quantitative estimate of drug-likeness (QED) is 0.115.